The number of likely N-dealkylation sites (N-methyl/N-ethyl adjacent to an activating group) is 1. The van der Waals surface area contributed by atoms with Crippen LogP contribution in [0.3, 0.4) is 0 Å². The Labute approximate surface area is 143 Å². The molecule has 0 aliphatic carbocycles. The van der Waals surface area contributed by atoms with Crippen LogP contribution in [0.2, 0.25) is 0 Å². The zero-order valence-corrected chi connectivity index (χ0v) is 14.6. The van der Waals surface area contributed by atoms with Gasteiger partial charge in [0.05, 0.1) is 18.8 Å². The smallest absolute Gasteiger partial charge is 0.234 e. The molecule has 1 aromatic heterocycles. The number of aryl methyl sites for hydroxylation is 1. The number of carbonyl (C=O) groups is 1. The quantitative estimate of drug-likeness (QED) is 0.865. The fourth-order valence-electron chi connectivity index (χ4n) is 3.20. The molecule has 6 heteroatoms. The third-order valence-corrected chi connectivity index (χ3v) is 4.50. The molecule has 0 fully saturated rings. The summed E-state index contributed by atoms with van der Waals surface area (Å²) >= 11 is 0. The van der Waals surface area contributed by atoms with Crippen LogP contribution < -0.4 is 5.32 Å². The van der Waals surface area contributed by atoms with Crippen LogP contribution in [0.5, 0.6) is 0 Å². The van der Waals surface area contributed by atoms with Gasteiger partial charge >= 0.3 is 0 Å². The Kier molecular flexibility index (Phi) is 4.97. The molecule has 0 saturated carbocycles. The van der Waals surface area contributed by atoms with Crippen molar-refractivity contribution in [3.8, 4) is 0 Å². The van der Waals surface area contributed by atoms with Crippen LogP contribution in [0, 0.1) is 0 Å². The van der Waals surface area contributed by atoms with Crippen LogP contribution in [0.25, 0.3) is 0 Å². The highest BCUT2D eigenvalue weighted by atomic mass is 16.2. The fraction of sp³-hybridized carbons (Fsp3) is 0.444. The summed E-state index contributed by atoms with van der Waals surface area (Å²) in [5.41, 5.74) is 3.76. The maximum Gasteiger partial charge on any atom is 0.234 e. The Hall–Kier alpha value is -2.18. The summed E-state index contributed by atoms with van der Waals surface area (Å²) in [6.45, 7) is 2.72. The van der Waals surface area contributed by atoms with Crippen molar-refractivity contribution < 1.29 is 4.79 Å². The predicted octanol–water partition coefficient (Wildman–Crippen LogP) is 1.15. The number of hydrogen-bond donors (Lipinski definition) is 1. The summed E-state index contributed by atoms with van der Waals surface area (Å²) in [6, 6.07) is 8.50. The average molecular weight is 327 g/mol. The van der Waals surface area contributed by atoms with Crippen LogP contribution in [0.1, 0.15) is 22.7 Å². The third kappa shape index (κ3) is 3.83. The van der Waals surface area contributed by atoms with Gasteiger partial charge in [-0.05, 0) is 25.2 Å². The van der Waals surface area contributed by atoms with Gasteiger partial charge in [-0.25, -0.2) is 0 Å². The molecule has 1 aromatic carbocycles. The topological polar surface area (TPSA) is 53.4 Å². The Morgan fingerprint density at radius 1 is 1.29 bits per heavy atom. The van der Waals surface area contributed by atoms with Crippen LogP contribution >= 0.6 is 0 Å². The van der Waals surface area contributed by atoms with Gasteiger partial charge in [0.2, 0.25) is 5.91 Å². The minimum Gasteiger partial charge on any atom is -0.353 e. The number of benzene rings is 1. The van der Waals surface area contributed by atoms with Gasteiger partial charge in [-0.3, -0.25) is 14.4 Å². The van der Waals surface area contributed by atoms with Gasteiger partial charge in [-0.15, -0.1) is 0 Å². The van der Waals surface area contributed by atoms with Crippen molar-refractivity contribution in [3.63, 3.8) is 0 Å². The molecule has 1 amide bonds. The van der Waals surface area contributed by atoms with Crippen molar-refractivity contribution in [2.24, 2.45) is 7.05 Å². The van der Waals surface area contributed by atoms with E-state index in [0.717, 1.165) is 18.7 Å². The number of hydrogen-bond acceptors (Lipinski definition) is 4. The van der Waals surface area contributed by atoms with Crippen molar-refractivity contribution in [2.45, 2.75) is 19.1 Å². The van der Waals surface area contributed by atoms with Crippen molar-refractivity contribution >= 4 is 5.91 Å². The zero-order chi connectivity index (χ0) is 17.1. The van der Waals surface area contributed by atoms with E-state index in [1.165, 1.54) is 11.1 Å². The number of rotatable bonds is 6. The number of fused-ring (bicyclic) bond motifs is 1. The second-order valence-electron chi connectivity index (χ2n) is 6.64. The molecule has 1 atom stereocenters. The summed E-state index contributed by atoms with van der Waals surface area (Å²) in [5.74, 6) is 0.0681. The summed E-state index contributed by atoms with van der Waals surface area (Å²) in [4.78, 5) is 16.6. The molecule has 1 N–H and O–H groups in total. The van der Waals surface area contributed by atoms with E-state index in [1.54, 1.807) is 4.68 Å². The number of aromatic nitrogens is 2. The highest BCUT2D eigenvalue weighted by Crippen LogP contribution is 2.21. The van der Waals surface area contributed by atoms with E-state index in [-0.39, 0.29) is 11.9 Å². The largest absolute Gasteiger partial charge is 0.353 e. The minimum atomic E-state index is 0.0681. The molecule has 1 aliphatic heterocycles. The second-order valence-corrected chi connectivity index (χ2v) is 6.64. The Balaban J connectivity index is 1.52. The standard InChI is InChI=1S/C18H25N5O/c1-21(2)17(16-8-20-22(3)10-16)9-19-18(24)13-23-11-14-6-4-5-7-15(14)12-23/h4-8,10,17H,9,11-13H2,1-3H3,(H,19,24). The van der Waals surface area contributed by atoms with E-state index in [9.17, 15) is 4.79 Å². The molecular formula is C18H25N5O. The number of amides is 1. The van der Waals surface area contributed by atoms with E-state index in [4.69, 9.17) is 0 Å². The van der Waals surface area contributed by atoms with Crippen LogP contribution in [0.15, 0.2) is 36.7 Å². The van der Waals surface area contributed by atoms with E-state index >= 15 is 0 Å². The first-order chi connectivity index (χ1) is 11.5. The van der Waals surface area contributed by atoms with Crippen LogP contribution in [0.4, 0.5) is 0 Å². The maximum atomic E-state index is 12.3. The van der Waals surface area contributed by atoms with Gasteiger partial charge < -0.3 is 10.2 Å². The molecule has 1 unspecified atom stereocenters. The minimum absolute atomic E-state index is 0.0681. The van der Waals surface area contributed by atoms with Gasteiger partial charge in [0.25, 0.3) is 0 Å². The van der Waals surface area contributed by atoms with E-state index in [0.29, 0.717) is 13.1 Å². The van der Waals surface area contributed by atoms with E-state index in [2.05, 4.69) is 44.5 Å². The number of nitrogens with one attached hydrogen (secondary N) is 1. The number of carbonyl (C=O) groups excluding carboxylic acids is 1. The molecule has 0 saturated heterocycles. The van der Waals surface area contributed by atoms with Crippen molar-refractivity contribution in [3.05, 3.63) is 53.3 Å². The molecule has 2 heterocycles. The van der Waals surface area contributed by atoms with Crippen molar-refractivity contribution in [1.82, 2.24) is 24.9 Å². The molecule has 1 aliphatic rings. The summed E-state index contributed by atoms with van der Waals surface area (Å²) in [7, 11) is 5.93. The average Bonchev–Trinajstić information content (AvgIpc) is 3.12. The van der Waals surface area contributed by atoms with Gasteiger partial charge in [-0.2, -0.15) is 5.10 Å². The van der Waals surface area contributed by atoms with Crippen molar-refractivity contribution in [1.29, 1.82) is 0 Å². The molecule has 0 radical (unpaired) electrons. The first-order valence-electron chi connectivity index (χ1n) is 8.23. The zero-order valence-electron chi connectivity index (χ0n) is 14.6. The maximum absolute atomic E-state index is 12.3. The lowest BCUT2D eigenvalue weighted by molar-refractivity contribution is -0.122. The summed E-state index contributed by atoms with van der Waals surface area (Å²) in [5, 5.41) is 7.29. The van der Waals surface area contributed by atoms with Gasteiger partial charge in [0.1, 0.15) is 0 Å². The van der Waals surface area contributed by atoms with Crippen LogP contribution in [-0.4, -0.2) is 52.7 Å². The van der Waals surface area contributed by atoms with Crippen LogP contribution in [-0.2, 0) is 24.9 Å². The van der Waals surface area contributed by atoms with Crippen molar-refractivity contribution in [2.75, 3.05) is 27.2 Å². The second kappa shape index (κ2) is 7.15. The molecule has 2 aromatic rings. The summed E-state index contributed by atoms with van der Waals surface area (Å²) < 4.78 is 1.79. The molecular weight excluding hydrogens is 302 g/mol. The highest BCUT2D eigenvalue weighted by Gasteiger charge is 2.21. The molecule has 0 spiro atoms. The monoisotopic (exact) mass is 327 g/mol. The molecule has 3 rings (SSSR count). The molecule has 128 valence electrons. The highest BCUT2D eigenvalue weighted by molar-refractivity contribution is 5.78. The SMILES string of the molecule is CN(C)C(CNC(=O)CN1Cc2ccccc2C1)c1cnn(C)c1. The Bertz CT molecular complexity index is 684. The summed E-state index contributed by atoms with van der Waals surface area (Å²) in [6.07, 6.45) is 3.85. The molecule has 6 nitrogen and oxygen atoms in total. The lowest BCUT2D eigenvalue weighted by Gasteiger charge is -2.24. The van der Waals surface area contributed by atoms with Gasteiger partial charge in [0.15, 0.2) is 0 Å². The first kappa shape index (κ1) is 16.7. The Morgan fingerprint density at radius 2 is 1.96 bits per heavy atom. The molecule has 0 bridgehead atoms. The normalized spacial score (nSPS) is 15.5. The Morgan fingerprint density at radius 3 is 2.50 bits per heavy atom. The fourth-order valence-corrected chi connectivity index (χ4v) is 3.20. The lowest BCUT2D eigenvalue weighted by Crippen LogP contribution is -2.39. The van der Waals surface area contributed by atoms with E-state index in [1.807, 2.05) is 33.5 Å². The van der Waals surface area contributed by atoms with E-state index < -0.39 is 0 Å². The first-order valence-corrected chi connectivity index (χ1v) is 8.23. The number of nitrogens with zero attached hydrogens (tertiary/aromatic N) is 4. The van der Waals surface area contributed by atoms with Gasteiger partial charge in [-0.1, -0.05) is 24.3 Å². The lowest BCUT2D eigenvalue weighted by atomic mass is 10.1. The predicted molar refractivity (Wildman–Crippen MR) is 93.2 cm³/mol. The van der Waals surface area contributed by atoms with Gasteiger partial charge in [0, 0.05) is 38.4 Å². The molecule has 24 heavy (non-hydrogen) atoms. The third-order valence-electron chi connectivity index (χ3n) is 4.50.